The van der Waals surface area contributed by atoms with Gasteiger partial charge in [0.1, 0.15) is 0 Å². The highest BCUT2D eigenvalue weighted by Crippen LogP contribution is 2.43. The Morgan fingerprint density at radius 1 is 0.767 bits per heavy atom. The molecule has 0 aliphatic heterocycles. The molecule has 0 spiro atoms. The standard InChI is InChI=1S/C27H22BNS/c28-27(14-5-2-6-15-27)20-10-12-21-19(17-20)9-11-22-23-13-16-29-24(26(23)30-25(21)22)18-7-3-1-4-8-18/h1,3-4,7-13,16-17H,2,5-6,14-15H2. The molecule has 0 bridgehead atoms. The third-order valence-corrected chi connectivity index (χ3v) is 8.00. The third-order valence-electron chi connectivity index (χ3n) is 6.74. The van der Waals surface area contributed by atoms with E-state index in [0.717, 1.165) is 18.5 Å². The van der Waals surface area contributed by atoms with Crippen molar-refractivity contribution in [2.45, 2.75) is 37.4 Å². The minimum atomic E-state index is -0.161. The van der Waals surface area contributed by atoms with Crippen LogP contribution < -0.4 is 0 Å². The number of thiophene rings is 1. The van der Waals surface area contributed by atoms with Gasteiger partial charge in [-0.15, -0.1) is 11.3 Å². The van der Waals surface area contributed by atoms with Crippen LogP contribution in [0, 0.1) is 0 Å². The molecule has 0 N–H and O–H groups in total. The Bertz CT molecular complexity index is 1380. The molecule has 1 saturated carbocycles. The number of nitrogens with zero attached hydrogens (tertiary/aromatic N) is 1. The lowest BCUT2D eigenvalue weighted by Crippen LogP contribution is -2.29. The van der Waals surface area contributed by atoms with E-state index in [0.29, 0.717) is 0 Å². The smallest absolute Gasteiger partial charge is 0.0880 e. The minimum absolute atomic E-state index is 0.161. The summed E-state index contributed by atoms with van der Waals surface area (Å²) in [6.07, 6.45) is 7.90. The van der Waals surface area contributed by atoms with E-state index in [1.165, 1.54) is 61.3 Å². The van der Waals surface area contributed by atoms with Crippen LogP contribution in [-0.4, -0.2) is 12.8 Å². The van der Waals surface area contributed by atoms with Crippen LogP contribution in [0.2, 0.25) is 0 Å². The van der Waals surface area contributed by atoms with Crippen molar-refractivity contribution in [3.63, 3.8) is 0 Å². The Kier molecular flexibility index (Phi) is 4.21. The summed E-state index contributed by atoms with van der Waals surface area (Å²) in [6.45, 7) is 0. The van der Waals surface area contributed by atoms with Crippen LogP contribution in [0.4, 0.5) is 0 Å². The summed E-state index contributed by atoms with van der Waals surface area (Å²) in [4.78, 5) is 4.73. The van der Waals surface area contributed by atoms with Crippen molar-refractivity contribution in [2.24, 2.45) is 0 Å². The Hall–Kier alpha value is -2.65. The fraction of sp³-hybridized carbons (Fsp3) is 0.222. The van der Waals surface area contributed by atoms with Crippen LogP contribution in [0.1, 0.15) is 37.7 Å². The average Bonchev–Trinajstić information content (AvgIpc) is 3.19. The molecule has 5 aromatic rings. The molecule has 144 valence electrons. The van der Waals surface area contributed by atoms with Gasteiger partial charge in [-0.3, -0.25) is 4.98 Å². The van der Waals surface area contributed by atoms with E-state index in [2.05, 4.69) is 66.7 Å². The number of aromatic nitrogens is 1. The van der Waals surface area contributed by atoms with E-state index in [4.69, 9.17) is 12.8 Å². The molecule has 3 aromatic carbocycles. The lowest BCUT2D eigenvalue weighted by Gasteiger charge is -2.35. The highest BCUT2D eigenvalue weighted by molar-refractivity contribution is 7.27. The molecule has 0 atom stereocenters. The van der Waals surface area contributed by atoms with Gasteiger partial charge in [0.2, 0.25) is 0 Å². The molecular weight excluding hydrogens is 381 g/mol. The molecule has 0 unspecified atom stereocenters. The highest BCUT2D eigenvalue weighted by Gasteiger charge is 2.28. The zero-order valence-electron chi connectivity index (χ0n) is 16.9. The van der Waals surface area contributed by atoms with Crippen molar-refractivity contribution >= 4 is 50.1 Å². The molecule has 1 fully saturated rings. The van der Waals surface area contributed by atoms with Gasteiger partial charge in [0, 0.05) is 27.2 Å². The minimum Gasteiger partial charge on any atom is -0.255 e. The predicted molar refractivity (Wildman–Crippen MR) is 131 cm³/mol. The number of rotatable bonds is 2. The fourth-order valence-corrected chi connectivity index (χ4v) is 6.41. The van der Waals surface area contributed by atoms with Gasteiger partial charge in [-0.25, -0.2) is 0 Å². The van der Waals surface area contributed by atoms with Gasteiger partial charge >= 0.3 is 0 Å². The van der Waals surface area contributed by atoms with Gasteiger partial charge in [0.05, 0.1) is 18.2 Å². The maximum Gasteiger partial charge on any atom is 0.0880 e. The first-order valence-corrected chi connectivity index (χ1v) is 11.6. The second-order valence-corrected chi connectivity index (χ2v) is 9.62. The van der Waals surface area contributed by atoms with Gasteiger partial charge in [-0.2, -0.15) is 0 Å². The van der Waals surface area contributed by atoms with E-state index in [1.807, 2.05) is 17.5 Å². The molecule has 1 aliphatic carbocycles. The Labute approximate surface area is 182 Å². The summed E-state index contributed by atoms with van der Waals surface area (Å²) in [7, 11) is 6.82. The topological polar surface area (TPSA) is 12.9 Å². The molecular formula is C27H22BNS. The van der Waals surface area contributed by atoms with Crippen LogP contribution in [0.15, 0.2) is 72.9 Å². The van der Waals surface area contributed by atoms with Crippen LogP contribution >= 0.6 is 11.3 Å². The number of fused-ring (bicyclic) bond motifs is 5. The molecule has 6 rings (SSSR count). The average molecular weight is 403 g/mol. The first-order valence-electron chi connectivity index (χ1n) is 10.8. The second kappa shape index (κ2) is 6.96. The maximum atomic E-state index is 6.82. The van der Waals surface area contributed by atoms with Crippen molar-refractivity contribution in [2.75, 3.05) is 0 Å². The van der Waals surface area contributed by atoms with Crippen LogP contribution in [0.25, 0.3) is 42.2 Å². The molecule has 2 aromatic heterocycles. The van der Waals surface area contributed by atoms with Crippen LogP contribution in [-0.2, 0) is 5.31 Å². The van der Waals surface area contributed by atoms with E-state index in [9.17, 15) is 0 Å². The van der Waals surface area contributed by atoms with Crippen molar-refractivity contribution in [3.05, 3.63) is 78.5 Å². The zero-order valence-corrected chi connectivity index (χ0v) is 17.7. The Morgan fingerprint density at radius 2 is 1.53 bits per heavy atom. The summed E-state index contributed by atoms with van der Waals surface area (Å²) >= 11 is 1.86. The number of hydrogen-bond acceptors (Lipinski definition) is 2. The third kappa shape index (κ3) is 2.79. The normalized spacial score (nSPS) is 16.4. The van der Waals surface area contributed by atoms with Crippen molar-refractivity contribution in [3.8, 4) is 11.3 Å². The molecule has 0 saturated heterocycles. The number of hydrogen-bond donors (Lipinski definition) is 0. The summed E-state index contributed by atoms with van der Waals surface area (Å²) < 4.78 is 2.60. The van der Waals surface area contributed by atoms with Crippen molar-refractivity contribution in [1.29, 1.82) is 0 Å². The monoisotopic (exact) mass is 403 g/mol. The van der Waals surface area contributed by atoms with E-state index in [1.54, 1.807) is 0 Å². The lowest BCUT2D eigenvalue weighted by atomic mass is 9.56. The second-order valence-electron chi connectivity index (χ2n) is 8.60. The fourth-order valence-electron chi connectivity index (χ4n) is 5.07. The molecule has 1 nitrogen and oxygen atoms in total. The summed E-state index contributed by atoms with van der Waals surface area (Å²) in [5.74, 6) is 0. The van der Waals surface area contributed by atoms with Crippen molar-refractivity contribution in [1.82, 2.24) is 4.98 Å². The SMILES string of the molecule is [B]C1(c2ccc3c(ccc4c5ccnc(-c6ccccc6)c5sc34)c2)CCCCC1. The molecule has 3 heteroatoms. The van der Waals surface area contributed by atoms with Gasteiger partial charge in [-0.05, 0) is 27.7 Å². The maximum absolute atomic E-state index is 6.82. The quantitative estimate of drug-likeness (QED) is 0.277. The lowest BCUT2D eigenvalue weighted by molar-refractivity contribution is 0.398. The molecule has 2 heterocycles. The van der Waals surface area contributed by atoms with E-state index >= 15 is 0 Å². The Morgan fingerprint density at radius 3 is 2.37 bits per heavy atom. The van der Waals surface area contributed by atoms with Crippen molar-refractivity contribution < 1.29 is 0 Å². The predicted octanol–water partition coefficient (Wildman–Crippen LogP) is 7.60. The number of benzene rings is 3. The van der Waals surface area contributed by atoms with Gasteiger partial charge in [0.25, 0.3) is 0 Å². The highest BCUT2D eigenvalue weighted by atomic mass is 32.1. The summed E-state index contributed by atoms with van der Waals surface area (Å²) in [6, 6.07) is 24.1. The molecule has 2 radical (unpaired) electrons. The van der Waals surface area contributed by atoms with Crippen LogP contribution in [0.3, 0.4) is 0 Å². The van der Waals surface area contributed by atoms with Gasteiger partial charge in [-0.1, -0.05) is 92.8 Å². The summed E-state index contributed by atoms with van der Waals surface area (Å²) in [5.41, 5.74) is 3.53. The molecule has 0 amide bonds. The first-order chi connectivity index (χ1) is 14.7. The number of pyridine rings is 1. The Balaban J connectivity index is 1.57. The van der Waals surface area contributed by atoms with Gasteiger partial charge in [0.15, 0.2) is 0 Å². The van der Waals surface area contributed by atoms with Crippen LogP contribution in [0.5, 0.6) is 0 Å². The first kappa shape index (κ1) is 18.2. The van der Waals surface area contributed by atoms with E-state index < -0.39 is 0 Å². The summed E-state index contributed by atoms with van der Waals surface area (Å²) in [5, 5.41) is 5.05. The zero-order chi connectivity index (χ0) is 20.1. The molecule has 30 heavy (non-hydrogen) atoms. The van der Waals surface area contributed by atoms with Gasteiger partial charge < -0.3 is 0 Å². The molecule has 1 aliphatic rings. The largest absolute Gasteiger partial charge is 0.255 e. The van der Waals surface area contributed by atoms with E-state index in [-0.39, 0.29) is 5.31 Å².